The van der Waals surface area contributed by atoms with E-state index in [2.05, 4.69) is 27.5 Å². The first-order valence-corrected chi connectivity index (χ1v) is 7.53. The van der Waals surface area contributed by atoms with Gasteiger partial charge < -0.3 is 10.0 Å². The molecule has 0 unspecified atom stereocenters. The first-order valence-electron chi connectivity index (χ1n) is 6.45. The molecule has 0 atom stereocenters. The van der Waals surface area contributed by atoms with Crippen LogP contribution in [-0.2, 0) is 0 Å². The molecule has 0 radical (unpaired) electrons. The monoisotopic (exact) mass is 376 g/mol. The second-order valence-corrected chi connectivity index (χ2v) is 5.91. The highest BCUT2D eigenvalue weighted by molar-refractivity contribution is 14.1. The Morgan fingerprint density at radius 2 is 2.21 bits per heavy atom. The number of halogens is 1. The molecule has 0 amide bonds. The first-order chi connectivity index (χ1) is 9.13. The standard InChI is InChI=1S/C13H17IN2O3/c14-12-9-11(16(18)19)5-6-13(12)15(7-2-8-17)10-3-1-4-10/h5-6,9-10,17H,1-4,7-8H2. The van der Waals surface area contributed by atoms with E-state index >= 15 is 0 Å². The number of hydrogen-bond donors (Lipinski definition) is 1. The van der Waals surface area contributed by atoms with Crippen molar-refractivity contribution in [3.05, 3.63) is 31.9 Å². The molecule has 1 fully saturated rings. The van der Waals surface area contributed by atoms with Gasteiger partial charge in [0.15, 0.2) is 0 Å². The van der Waals surface area contributed by atoms with Gasteiger partial charge >= 0.3 is 0 Å². The average molecular weight is 376 g/mol. The van der Waals surface area contributed by atoms with E-state index in [0.717, 1.165) is 22.2 Å². The van der Waals surface area contributed by atoms with Crippen molar-refractivity contribution in [2.45, 2.75) is 31.7 Å². The van der Waals surface area contributed by atoms with Gasteiger partial charge in [0.2, 0.25) is 0 Å². The van der Waals surface area contributed by atoms with Gasteiger partial charge in [-0.2, -0.15) is 0 Å². The Bertz CT molecular complexity index is 463. The highest BCUT2D eigenvalue weighted by Crippen LogP contribution is 2.34. The topological polar surface area (TPSA) is 66.6 Å². The number of rotatable bonds is 6. The summed E-state index contributed by atoms with van der Waals surface area (Å²) in [6, 6.07) is 5.51. The van der Waals surface area contributed by atoms with E-state index in [0.29, 0.717) is 6.04 Å². The maximum Gasteiger partial charge on any atom is 0.270 e. The smallest absolute Gasteiger partial charge is 0.270 e. The molecule has 5 nitrogen and oxygen atoms in total. The Labute approximate surface area is 125 Å². The van der Waals surface area contributed by atoms with Gasteiger partial charge in [-0.3, -0.25) is 10.1 Å². The van der Waals surface area contributed by atoms with Crippen molar-refractivity contribution in [3.63, 3.8) is 0 Å². The molecule has 1 aliphatic carbocycles. The summed E-state index contributed by atoms with van der Waals surface area (Å²) >= 11 is 2.15. The average Bonchev–Trinajstić information content (AvgIpc) is 2.32. The third-order valence-corrected chi connectivity index (χ3v) is 4.39. The second-order valence-electron chi connectivity index (χ2n) is 4.75. The summed E-state index contributed by atoms with van der Waals surface area (Å²) in [6.07, 6.45) is 4.30. The van der Waals surface area contributed by atoms with E-state index in [1.54, 1.807) is 12.1 Å². The van der Waals surface area contributed by atoms with Gasteiger partial charge in [-0.1, -0.05) is 0 Å². The van der Waals surface area contributed by atoms with E-state index in [9.17, 15) is 10.1 Å². The minimum Gasteiger partial charge on any atom is -0.396 e. The van der Waals surface area contributed by atoms with Gasteiger partial charge in [-0.15, -0.1) is 0 Å². The molecule has 0 saturated heterocycles. The minimum atomic E-state index is -0.368. The van der Waals surface area contributed by atoms with Gasteiger partial charge in [0.1, 0.15) is 0 Å². The van der Waals surface area contributed by atoms with Gasteiger partial charge in [-0.05, 0) is 54.3 Å². The highest BCUT2D eigenvalue weighted by Gasteiger charge is 2.26. The normalized spacial score (nSPS) is 15.1. The lowest BCUT2D eigenvalue weighted by atomic mass is 9.91. The third kappa shape index (κ3) is 3.36. The number of hydrogen-bond acceptors (Lipinski definition) is 4. The summed E-state index contributed by atoms with van der Waals surface area (Å²) in [7, 11) is 0. The number of aliphatic hydroxyl groups excluding tert-OH is 1. The number of nitro groups is 1. The van der Waals surface area contributed by atoms with Crippen LogP contribution in [0.1, 0.15) is 25.7 Å². The van der Waals surface area contributed by atoms with Crippen molar-refractivity contribution in [2.24, 2.45) is 0 Å². The van der Waals surface area contributed by atoms with Crippen LogP contribution in [0, 0.1) is 13.7 Å². The van der Waals surface area contributed by atoms with Crippen LogP contribution in [0.3, 0.4) is 0 Å². The van der Waals surface area contributed by atoms with E-state index in [1.165, 1.54) is 19.3 Å². The largest absolute Gasteiger partial charge is 0.396 e. The molecule has 1 saturated carbocycles. The molecule has 0 aliphatic heterocycles. The van der Waals surface area contributed by atoms with E-state index in [4.69, 9.17) is 5.11 Å². The number of benzene rings is 1. The quantitative estimate of drug-likeness (QED) is 0.471. The molecule has 19 heavy (non-hydrogen) atoms. The van der Waals surface area contributed by atoms with Crippen LogP contribution < -0.4 is 4.90 Å². The lowest BCUT2D eigenvalue weighted by molar-refractivity contribution is -0.384. The van der Waals surface area contributed by atoms with Crippen molar-refractivity contribution >= 4 is 34.0 Å². The van der Waals surface area contributed by atoms with E-state index in [-0.39, 0.29) is 17.2 Å². The Kier molecular flexibility index (Phi) is 4.98. The molecule has 0 spiro atoms. The predicted molar refractivity (Wildman–Crippen MR) is 82.5 cm³/mol. The number of non-ortho nitro benzene ring substituents is 1. The summed E-state index contributed by atoms with van der Waals surface area (Å²) in [6.45, 7) is 0.974. The fraction of sp³-hybridized carbons (Fsp3) is 0.538. The van der Waals surface area contributed by atoms with Gasteiger partial charge in [0.05, 0.1) is 10.6 Å². The molecule has 0 heterocycles. The maximum absolute atomic E-state index is 10.8. The molecular formula is C13H17IN2O3. The Morgan fingerprint density at radius 3 is 2.68 bits per heavy atom. The lowest BCUT2D eigenvalue weighted by Gasteiger charge is -2.39. The number of aliphatic hydroxyl groups is 1. The van der Waals surface area contributed by atoms with Crippen LogP contribution in [0.25, 0.3) is 0 Å². The number of nitrogens with zero attached hydrogens (tertiary/aromatic N) is 2. The van der Waals surface area contributed by atoms with Crippen LogP contribution in [0.15, 0.2) is 18.2 Å². The van der Waals surface area contributed by atoms with Gasteiger partial charge in [0.25, 0.3) is 5.69 Å². The van der Waals surface area contributed by atoms with Crippen molar-refractivity contribution in [2.75, 3.05) is 18.1 Å². The molecule has 0 aromatic heterocycles. The number of anilines is 1. The molecular weight excluding hydrogens is 359 g/mol. The molecule has 1 aromatic carbocycles. The fourth-order valence-electron chi connectivity index (χ4n) is 2.28. The molecule has 1 aromatic rings. The summed E-state index contributed by atoms with van der Waals surface area (Å²) < 4.78 is 0.900. The van der Waals surface area contributed by atoms with Crippen molar-refractivity contribution in [3.8, 4) is 0 Å². The van der Waals surface area contributed by atoms with Crippen LogP contribution in [0.5, 0.6) is 0 Å². The molecule has 0 bridgehead atoms. The fourth-order valence-corrected chi connectivity index (χ4v) is 3.09. The summed E-state index contributed by atoms with van der Waals surface area (Å²) in [4.78, 5) is 12.7. The zero-order chi connectivity index (χ0) is 13.8. The summed E-state index contributed by atoms with van der Waals surface area (Å²) in [5, 5.41) is 19.8. The number of nitro benzene ring substituents is 1. The van der Waals surface area contributed by atoms with E-state index < -0.39 is 0 Å². The van der Waals surface area contributed by atoms with E-state index in [1.807, 2.05) is 6.07 Å². The third-order valence-electron chi connectivity index (χ3n) is 3.52. The van der Waals surface area contributed by atoms with Gasteiger partial charge in [0, 0.05) is 34.9 Å². The van der Waals surface area contributed by atoms with Crippen molar-refractivity contribution < 1.29 is 10.0 Å². The summed E-state index contributed by atoms with van der Waals surface area (Å²) in [5.74, 6) is 0. The van der Waals surface area contributed by atoms with Crippen LogP contribution in [0.4, 0.5) is 11.4 Å². The molecule has 1 aliphatic rings. The minimum absolute atomic E-state index is 0.129. The molecule has 1 N–H and O–H groups in total. The zero-order valence-electron chi connectivity index (χ0n) is 10.6. The Balaban J connectivity index is 2.22. The Hall–Kier alpha value is -0.890. The van der Waals surface area contributed by atoms with Crippen molar-refractivity contribution in [1.82, 2.24) is 0 Å². The zero-order valence-corrected chi connectivity index (χ0v) is 12.7. The van der Waals surface area contributed by atoms with Crippen molar-refractivity contribution in [1.29, 1.82) is 0 Å². The highest BCUT2D eigenvalue weighted by atomic mass is 127. The maximum atomic E-state index is 10.8. The summed E-state index contributed by atoms with van der Waals surface area (Å²) in [5.41, 5.74) is 1.17. The first kappa shape index (κ1) is 14.5. The Morgan fingerprint density at radius 1 is 1.47 bits per heavy atom. The van der Waals surface area contributed by atoms with Crippen LogP contribution in [0.2, 0.25) is 0 Å². The lowest BCUT2D eigenvalue weighted by Crippen LogP contribution is -2.41. The molecule has 6 heteroatoms. The van der Waals surface area contributed by atoms with Crippen LogP contribution >= 0.6 is 22.6 Å². The SMILES string of the molecule is O=[N+]([O-])c1ccc(N(CCCO)C2CCC2)c(I)c1. The molecule has 2 rings (SSSR count). The van der Waals surface area contributed by atoms with Crippen LogP contribution in [-0.4, -0.2) is 29.2 Å². The predicted octanol–water partition coefficient (Wildman–Crippen LogP) is 2.94. The second kappa shape index (κ2) is 6.51. The molecule has 104 valence electrons. The van der Waals surface area contributed by atoms with Gasteiger partial charge in [-0.25, -0.2) is 0 Å².